The molecule has 1 heterocycles. The fourth-order valence-electron chi connectivity index (χ4n) is 3.17. The lowest BCUT2D eigenvalue weighted by molar-refractivity contribution is -0.0408. The Hall–Kier alpha value is -2.08. The predicted octanol–water partition coefficient (Wildman–Crippen LogP) is 2.86. The number of aliphatic hydroxyl groups is 1. The number of aliphatic hydroxyl groups excluding tert-OH is 1. The van der Waals surface area contributed by atoms with Gasteiger partial charge < -0.3 is 19.3 Å². The van der Waals surface area contributed by atoms with Crippen LogP contribution in [0, 0.1) is 0 Å². The van der Waals surface area contributed by atoms with Gasteiger partial charge in [0.05, 0.1) is 19.8 Å². The lowest BCUT2D eigenvalue weighted by Crippen LogP contribution is -2.42. The molecule has 0 aliphatic carbocycles. The van der Waals surface area contributed by atoms with Gasteiger partial charge in [-0.05, 0) is 18.1 Å². The van der Waals surface area contributed by atoms with Gasteiger partial charge in [0.15, 0.2) is 0 Å². The number of rotatable bonds is 8. The van der Waals surface area contributed by atoms with Gasteiger partial charge in [-0.1, -0.05) is 36.4 Å². The fourth-order valence-corrected chi connectivity index (χ4v) is 3.17. The number of benzene rings is 2. The van der Waals surface area contributed by atoms with E-state index in [-0.39, 0.29) is 12.7 Å². The van der Waals surface area contributed by atoms with Crippen LogP contribution in [0.3, 0.4) is 0 Å². The molecule has 1 fully saturated rings. The zero-order chi connectivity index (χ0) is 18.2. The van der Waals surface area contributed by atoms with Crippen LogP contribution in [0.5, 0.6) is 11.5 Å². The number of hydrogen-bond acceptors (Lipinski definition) is 5. The van der Waals surface area contributed by atoms with Crippen molar-refractivity contribution >= 4 is 0 Å². The quantitative estimate of drug-likeness (QED) is 0.787. The molecule has 5 heteroatoms. The molecule has 1 atom stereocenters. The van der Waals surface area contributed by atoms with Gasteiger partial charge in [-0.3, -0.25) is 4.90 Å². The Morgan fingerprint density at radius 3 is 2.81 bits per heavy atom. The van der Waals surface area contributed by atoms with Gasteiger partial charge in [0.1, 0.15) is 18.1 Å². The lowest BCUT2D eigenvalue weighted by atomic mass is 10.1. The lowest BCUT2D eigenvalue weighted by Gasteiger charge is -2.33. The van der Waals surface area contributed by atoms with E-state index in [2.05, 4.69) is 11.0 Å². The molecule has 1 N–H and O–H groups in total. The zero-order valence-corrected chi connectivity index (χ0v) is 15.3. The fraction of sp³-hybridized carbons (Fsp3) is 0.429. The van der Waals surface area contributed by atoms with Gasteiger partial charge in [0, 0.05) is 37.9 Å². The third-order valence-corrected chi connectivity index (χ3v) is 4.57. The Morgan fingerprint density at radius 2 is 2.04 bits per heavy atom. The first-order valence-electron chi connectivity index (χ1n) is 9.07. The summed E-state index contributed by atoms with van der Waals surface area (Å²) < 4.78 is 17.1. The van der Waals surface area contributed by atoms with Crippen molar-refractivity contribution in [2.24, 2.45) is 0 Å². The summed E-state index contributed by atoms with van der Waals surface area (Å²) in [5, 5.41) is 9.11. The van der Waals surface area contributed by atoms with E-state index in [0.29, 0.717) is 19.6 Å². The highest BCUT2D eigenvalue weighted by Gasteiger charge is 2.21. The largest absolute Gasteiger partial charge is 0.496 e. The molecule has 1 unspecified atom stereocenters. The molecule has 0 aromatic heterocycles. The van der Waals surface area contributed by atoms with Crippen LogP contribution in [0.4, 0.5) is 0 Å². The summed E-state index contributed by atoms with van der Waals surface area (Å²) >= 11 is 0. The smallest absolute Gasteiger partial charge is 0.127 e. The molecule has 1 aliphatic heterocycles. The molecule has 0 spiro atoms. The molecule has 0 radical (unpaired) electrons. The standard InChI is InChI=1S/C21H27NO4/c1-24-21-13-19(26-16-17-5-3-2-4-6-17)8-7-18(21)14-22-10-12-25-20(15-22)9-11-23/h2-8,13,20,23H,9-12,14-16H2,1H3. The van der Waals surface area contributed by atoms with E-state index in [4.69, 9.17) is 19.3 Å². The SMILES string of the molecule is COc1cc(OCc2ccccc2)ccc1CN1CCOC(CCO)C1. The predicted molar refractivity (Wildman–Crippen MR) is 100 cm³/mol. The maximum Gasteiger partial charge on any atom is 0.127 e. The van der Waals surface area contributed by atoms with Crippen molar-refractivity contribution in [1.29, 1.82) is 0 Å². The Bertz CT molecular complexity index is 675. The van der Waals surface area contributed by atoms with Crippen molar-refractivity contribution in [3.05, 3.63) is 59.7 Å². The van der Waals surface area contributed by atoms with Crippen LogP contribution in [0.1, 0.15) is 17.5 Å². The summed E-state index contributed by atoms with van der Waals surface area (Å²) in [7, 11) is 1.69. The molecule has 0 bridgehead atoms. The van der Waals surface area contributed by atoms with Crippen LogP contribution < -0.4 is 9.47 Å². The van der Waals surface area contributed by atoms with Crippen molar-refractivity contribution in [1.82, 2.24) is 4.90 Å². The van der Waals surface area contributed by atoms with E-state index in [1.807, 2.05) is 42.5 Å². The van der Waals surface area contributed by atoms with E-state index in [0.717, 1.165) is 42.3 Å². The molecule has 0 saturated carbocycles. The number of methoxy groups -OCH3 is 1. The summed E-state index contributed by atoms with van der Waals surface area (Å²) in [6.45, 7) is 3.91. The molecule has 3 rings (SSSR count). The minimum absolute atomic E-state index is 0.105. The van der Waals surface area contributed by atoms with Gasteiger partial charge in [0.2, 0.25) is 0 Å². The topological polar surface area (TPSA) is 51.2 Å². The van der Waals surface area contributed by atoms with E-state index in [1.165, 1.54) is 0 Å². The molecule has 1 saturated heterocycles. The van der Waals surface area contributed by atoms with Crippen LogP contribution in [0.15, 0.2) is 48.5 Å². The minimum atomic E-state index is 0.105. The van der Waals surface area contributed by atoms with Crippen LogP contribution >= 0.6 is 0 Å². The summed E-state index contributed by atoms with van der Waals surface area (Å²) in [6.07, 6.45) is 0.785. The van der Waals surface area contributed by atoms with E-state index in [1.54, 1.807) is 7.11 Å². The highest BCUT2D eigenvalue weighted by molar-refractivity contribution is 5.41. The maximum atomic E-state index is 9.11. The van der Waals surface area contributed by atoms with E-state index >= 15 is 0 Å². The highest BCUT2D eigenvalue weighted by atomic mass is 16.5. The van der Waals surface area contributed by atoms with Gasteiger partial charge in [-0.2, -0.15) is 0 Å². The molecule has 26 heavy (non-hydrogen) atoms. The number of hydrogen-bond donors (Lipinski definition) is 1. The molecule has 5 nitrogen and oxygen atoms in total. The van der Waals surface area contributed by atoms with E-state index in [9.17, 15) is 0 Å². The summed E-state index contributed by atoms with van der Waals surface area (Å²) in [4.78, 5) is 2.34. The Labute approximate surface area is 155 Å². The first kappa shape index (κ1) is 18.7. The highest BCUT2D eigenvalue weighted by Crippen LogP contribution is 2.27. The first-order valence-corrected chi connectivity index (χ1v) is 9.07. The summed E-state index contributed by atoms with van der Waals surface area (Å²) in [5.41, 5.74) is 2.27. The van der Waals surface area contributed by atoms with Crippen LogP contribution in [-0.4, -0.2) is 49.5 Å². The third kappa shape index (κ3) is 5.21. The minimum Gasteiger partial charge on any atom is -0.496 e. The van der Waals surface area contributed by atoms with Crippen molar-refractivity contribution < 1.29 is 19.3 Å². The van der Waals surface area contributed by atoms with Gasteiger partial charge in [-0.25, -0.2) is 0 Å². The van der Waals surface area contributed by atoms with Gasteiger partial charge in [0.25, 0.3) is 0 Å². The number of ether oxygens (including phenoxy) is 3. The molecular weight excluding hydrogens is 330 g/mol. The van der Waals surface area contributed by atoms with Crippen LogP contribution in [0.25, 0.3) is 0 Å². The van der Waals surface area contributed by atoms with Crippen LogP contribution in [-0.2, 0) is 17.9 Å². The Balaban J connectivity index is 1.61. The normalized spacial score (nSPS) is 17.8. The number of nitrogens with zero attached hydrogens (tertiary/aromatic N) is 1. The monoisotopic (exact) mass is 357 g/mol. The van der Waals surface area contributed by atoms with Crippen molar-refractivity contribution in [3.63, 3.8) is 0 Å². The van der Waals surface area contributed by atoms with Crippen LogP contribution in [0.2, 0.25) is 0 Å². The molecular formula is C21H27NO4. The second-order valence-electron chi connectivity index (χ2n) is 6.49. The zero-order valence-electron chi connectivity index (χ0n) is 15.3. The summed E-state index contributed by atoms with van der Waals surface area (Å²) in [6, 6.07) is 16.1. The maximum absolute atomic E-state index is 9.11. The van der Waals surface area contributed by atoms with Crippen molar-refractivity contribution in [2.75, 3.05) is 33.4 Å². The Kier molecular flexibility index (Phi) is 6.89. The average molecular weight is 357 g/mol. The molecule has 2 aromatic carbocycles. The molecule has 1 aliphatic rings. The van der Waals surface area contributed by atoms with Crippen molar-refractivity contribution in [3.8, 4) is 11.5 Å². The van der Waals surface area contributed by atoms with Gasteiger partial charge >= 0.3 is 0 Å². The second-order valence-corrected chi connectivity index (χ2v) is 6.49. The molecule has 2 aromatic rings. The summed E-state index contributed by atoms with van der Waals surface area (Å²) in [5.74, 6) is 1.63. The first-order chi connectivity index (χ1) is 12.8. The van der Waals surface area contributed by atoms with E-state index < -0.39 is 0 Å². The number of morpholine rings is 1. The molecule has 140 valence electrons. The Morgan fingerprint density at radius 1 is 1.19 bits per heavy atom. The average Bonchev–Trinajstić information content (AvgIpc) is 2.68. The van der Waals surface area contributed by atoms with Gasteiger partial charge in [-0.15, -0.1) is 0 Å². The third-order valence-electron chi connectivity index (χ3n) is 4.57. The van der Waals surface area contributed by atoms with Crippen molar-refractivity contribution in [2.45, 2.75) is 25.7 Å². The molecule has 0 amide bonds. The second kappa shape index (κ2) is 9.57.